The van der Waals surface area contributed by atoms with E-state index in [-0.39, 0.29) is 0 Å². The summed E-state index contributed by atoms with van der Waals surface area (Å²) in [6.07, 6.45) is 4.95. The van der Waals surface area contributed by atoms with Crippen LogP contribution in [-0.4, -0.2) is 9.78 Å². The fourth-order valence-corrected chi connectivity index (χ4v) is 0.696. The zero-order chi connectivity index (χ0) is 6.10. The van der Waals surface area contributed by atoms with Crippen molar-refractivity contribution in [2.75, 3.05) is 0 Å². The van der Waals surface area contributed by atoms with Gasteiger partial charge in [-0.25, -0.2) is 4.68 Å². The second-order valence-corrected chi connectivity index (χ2v) is 1.67. The van der Waals surface area contributed by atoms with Gasteiger partial charge in [0.1, 0.15) is 6.26 Å². The van der Waals surface area contributed by atoms with Crippen molar-refractivity contribution in [2.45, 2.75) is 0 Å². The predicted molar refractivity (Wildman–Crippen MR) is 31.0 cm³/mol. The van der Waals surface area contributed by atoms with Crippen molar-refractivity contribution in [3.63, 3.8) is 0 Å². The number of hydrogen-bond donors (Lipinski definition) is 0. The topological polar surface area (TPSA) is 27.1 Å². The third kappa shape index (κ3) is 0.614. The zero-order valence-corrected chi connectivity index (χ0v) is 4.61. The second-order valence-electron chi connectivity index (χ2n) is 1.67. The van der Waals surface area contributed by atoms with Crippen molar-refractivity contribution < 1.29 is 4.74 Å². The zero-order valence-electron chi connectivity index (χ0n) is 4.61. The lowest BCUT2D eigenvalue weighted by molar-refractivity contribution is 0.339. The molecule has 0 saturated carbocycles. The third-order valence-electron chi connectivity index (χ3n) is 1.10. The molecular weight excluding hydrogens is 116 g/mol. The summed E-state index contributed by atoms with van der Waals surface area (Å²) in [4.78, 5) is 0. The van der Waals surface area contributed by atoms with Crippen LogP contribution in [0.5, 0.6) is 0 Å². The van der Waals surface area contributed by atoms with Gasteiger partial charge >= 0.3 is 0 Å². The van der Waals surface area contributed by atoms with Gasteiger partial charge in [-0.05, 0) is 6.07 Å². The standard InChI is InChI=1S/C6H4N2O/c1-2-7-8-3-4-9-5-6(1)8/h1-4H. The fourth-order valence-electron chi connectivity index (χ4n) is 0.696. The summed E-state index contributed by atoms with van der Waals surface area (Å²) in [5, 5.41) is 3.94. The first kappa shape index (κ1) is 4.61. The molecule has 2 rings (SSSR count). The number of fused-ring (bicyclic) bond motifs is 1. The van der Waals surface area contributed by atoms with Crippen LogP contribution in [0.3, 0.4) is 0 Å². The highest BCUT2D eigenvalue weighted by Crippen LogP contribution is 2.08. The molecule has 1 aromatic rings. The number of rotatable bonds is 0. The minimum Gasteiger partial charge on any atom is -0.477 e. The van der Waals surface area contributed by atoms with Crippen molar-refractivity contribution in [3.8, 4) is 0 Å². The molecule has 0 bridgehead atoms. The van der Waals surface area contributed by atoms with Gasteiger partial charge in [-0.3, -0.25) is 0 Å². The van der Waals surface area contributed by atoms with Gasteiger partial charge in [-0.2, -0.15) is 5.10 Å². The Balaban J connectivity index is 2.53. The van der Waals surface area contributed by atoms with Crippen LogP contribution in [0, 0.1) is 6.61 Å². The molecular formula is C6H4N2O. The maximum Gasteiger partial charge on any atom is 0.249 e. The lowest BCUT2D eigenvalue weighted by Crippen LogP contribution is -2.00. The molecule has 0 N–H and O–H groups in total. The number of nitrogens with zero attached hydrogens (tertiary/aromatic N) is 2. The van der Waals surface area contributed by atoms with Crippen LogP contribution in [0.15, 0.2) is 18.5 Å². The molecule has 0 spiro atoms. The highest BCUT2D eigenvalue weighted by molar-refractivity contribution is 5.28. The van der Waals surface area contributed by atoms with Gasteiger partial charge in [0.15, 0.2) is 0 Å². The van der Waals surface area contributed by atoms with Crippen LogP contribution in [-0.2, 0) is 4.74 Å². The lowest BCUT2D eigenvalue weighted by Gasteiger charge is -2.04. The third-order valence-corrected chi connectivity index (χ3v) is 1.10. The molecule has 0 aromatic carbocycles. The quantitative estimate of drug-likeness (QED) is 0.504. The Labute approximate surface area is 52.6 Å². The molecule has 1 aliphatic heterocycles. The maximum absolute atomic E-state index is 4.76. The number of hydrogen-bond acceptors (Lipinski definition) is 2. The van der Waals surface area contributed by atoms with E-state index in [0.717, 1.165) is 5.69 Å². The molecule has 2 radical (unpaired) electrons. The van der Waals surface area contributed by atoms with Crippen molar-refractivity contribution in [3.05, 3.63) is 30.8 Å². The normalized spacial score (nSPS) is 14.7. The van der Waals surface area contributed by atoms with Crippen molar-refractivity contribution in [2.24, 2.45) is 0 Å². The largest absolute Gasteiger partial charge is 0.477 e. The second kappa shape index (κ2) is 1.62. The summed E-state index contributed by atoms with van der Waals surface area (Å²) >= 11 is 0. The van der Waals surface area contributed by atoms with E-state index in [2.05, 4.69) is 11.7 Å². The summed E-state index contributed by atoms with van der Waals surface area (Å²) in [6.45, 7) is 2.66. The first-order valence-electron chi connectivity index (χ1n) is 2.59. The predicted octanol–water partition coefficient (Wildman–Crippen LogP) is 0.728. The Hall–Kier alpha value is -1.25. The van der Waals surface area contributed by atoms with E-state index in [0.29, 0.717) is 0 Å². The van der Waals surface area contributed by atoms with E-state index < -0.39 is 0 Å². The van der Waals surface area contributed by atoms with Crippen LogP contribution in [0.4, 0.5) is 0 Å². The maximum atomic E-state index is 4.76. The highest BCUT2D eigenvalue weighted by atomic mass is 16.5. The minimum absolute atomic E-state index is 0.845. The van der Waals surface area contributed by atoms with E-state index in [1.54, 1.807) is 17.1 Å². The summed E-state index contributed by atoms with van der Waals surface area (Å²) < 4.78 is 6.45. The molecule has 0 saturated heterocycles. The highest BCUT2D eigenvalue weighted by Gasteiger charge is 2.04. The monoisotopic (exact) mass is 120 g/mol. The molecule has 0 unspecified atom stereocenters. The van der Waals surface area contributed by atoms with Gasteiger partial charge < -0.3 is 4.74 Å². The van der Waals surface area contributed by atoms with E-state index in [4.69, 9.17) is 4.74 Å². The van der Waals surface area contributed by atoms with Crippen molar-refractivity contribution in [1.29, 1.82) is 0 Å². The SMILES string of the molecule is [C]1OC=Cn2nccc21. The molecule has 2 heterocycles. The summed E-state index contributed by atoms with van der Waals surface area (Å²) in [7, 11) is 0. The Kier molecular flexibility index (Phi) is 0.828. The average Bonchev–Trinajstić information content (AvgIpc) is 2.33. The number of ether oxygens (including phenoxy) is 1. The molecule has 3 heteroatoms. The van der Waals surface area contributed by atoms with Gasteiger partial charge in [-0.15, -0.1) is 0 Å². The molecule has 9 heavy (non-hydrogen) atoms. The molecule has 44 valence electrons. The Bertz CT molecular complexity index is 239. The van der Waals surface area contributed by atoms with Crippen LogP contribution in [0.2, 0.25) is 0 Å². The Morgan fingerprint density at radius 2 is 2.67 bits per heavy atom. The lowest BCUT2D eigenvalue weighted by atomic mass is 10.4. The van der Waals surface area contributed by atoms with Crippen LogP contribution in [0.25, 0.3) is 6.20 Å². The molecule has 0 amide bonds. The molecule has 0 fully saturated rings. The summed E-state index contributed by atoms with van der Waals surface area (Å²) in [6, 6.07) is 1.82. The van der Waals surface area contributed by atoms with E-state index in [1.165, 1.54) is 6.26 Å². The van der Waals surface area contributed by atoms with Gasteiger partial charge in [0.2, 0.25) is 6.61 Å². The Morgan fingerprint density at radius 1 is 1.67 bits per heavy atom. The van der Waals surface area contributed by atoms with E-state index in [1.807, 2.05) is 6.07 Å². The molecule has 0 aliphatic carbocycles. The molecule has 1 aliphatic rings. The summed E-state index contributed by atoms with van der Waals surface area (Å²) in [5.41, 5.74) is 0.845. The van der Waals surface area contributed by atoms with E-state index in [9.17, 15) is 0 Å². The summed E-state index contributed by atoms with van der Waals surface area (Å²) in [5.74, 6) is 0. The van der Waals surface area contributed by atoms with Gasteiger partial charge in [0.05, 0.1) is 11.9 Å². The first-order chi connectivity index (χ1) is 4.47. The Morgan fingerprint density at radius 3 is 3.56 bits per heavy atom. The first-order valence-corrected chi connectivity index (χ1v) is 2.59. The van der Waals surface area contributed by atoms with Crippen LogP contribution < -0.4 is 0 Å². The minimum atomic E-state index is 0.845. The molecule has 3 nitrogen and oxygen atoms in total. The fraction of sp³-hybridized carbons (Fsp3) is 0. The molecule has 1 aromatic heterocycles. The van der Waals surface area contributed by atoms with E-state index >= 15 is 0 Å². The van der Waals surface area contributed by atoms with Crippen molar-refractivity contribution in [1.82, 2.24) is 9.78 Å². The van der Waals surface area contributed by atoms with Crippen molar-refractivity contribution >= 4 is 6.20 Å². The van der Waals surface area contributed by atoms with Gasteiger partial charge in [0.25, 0.3) is 0 Å². The van der Waals surface area contributed by atoms with Gasteiger partial charge in [-0.1, -0.05) is 0 Å². The smallest absolute Gasteiger partial charge is 0.249 e. The van der Waals surface area contributed by atoms with Crippen LogP contribution in [0.1, 0.15) is 5.69 Å². The number of aromatic nitrogens is 2. The van der Waals surface area contributed by atoms with Crippen LogP contribution >= 0.6 is 0 Å². The average molecular weight is 120 g/mol. The molecule has 0 atom stereocenters. The van der Waals surface area contributed by atoms with Gasteiger partial charge in [0, 0.05) is 6.20 Å².